The Morgan fingerprint density at radius 3 is 2.20 bits per heavy atom. The number of ether oxygens (including phenoxy) is 6. The van der Waals surface area contributed by atoms with Gasteiger partial charge in [-0.15, -0.1) is 23.5 Å². The molecule has 2 saturated heterocycles. The number of carbonyl (C=O) groups is 4. The highest BCUT2D eigenvalue weighted by Crippen LogP contribution is 2.40. The van der Waals surface area contributed by atoms with Crippen LogP contribution in [0.25, 0.3) is 0 Å². The summed E-state index contributed by atoms with van der Waals surface area (Å²) in [5.74, 6) is 1.82. The molecule has 0 aromatic heterocycles. The lowest BCUT2D eigenvalue weighted by Crippen LogP contribution is -2.54. The molecule has 0 spiro atoms. The van der Waals surface area contributed by atoms with Crippen molar-refractivity contribution < 1.29 is 52.7 Å². The van der Waals surface area contributed by atoms with Gasteiger partial charge in [0.1, 0.15) is 28.3 Å². The topological polar surface area (TPSA) is 144 Å². The molecule has 0 bridgehead atoms. The van der Waals surface area contributed by atoms with Gasteiger partial charge in [0.05, 0.1) is 36.6 Å². The number of unbranched alkanes of at least 4 members (excludes halogenated alkanes) is 1. The number of thiocarbonyl (C=S) groups is 1. The van der Waals surface area contributed by atoms with Crippen LogP contribution in [0.2, 0.25) is 0 Å². The number of thioether (sulfide) groups is 3. The van der Waals surface area contributed by atoms with E-state index in [9.17, 15) is 24.3 Å². The van der Waals surface area contributed by atoms with Gasteiger partial charge in [0.2, 0.25) is 0 Å². The van der Waals surface area contributed by atoms with Gasteiger partial charge in [-0.1, -0.05) is 91.9 Å². The molecule has 11 nitrogen and oxygen atoms in total. The van der Waals surface area contributed by atoms with Gasteiger partial charge in [0, 0.05) is 23.0 Å². The lowest BCUT2D eigenvalue weighted by atomic mass is 9.78. The van der Waals surface area contributed by atoms with Crippen LogP contribution < -0.4 is 4.74 Å². The predicted octanol–water partition coefficient (Wildman–Crippen LogP) is 10.3. The van der Waals surface area contributed by atoms with Gasteiger partial charge in [-0.2, -0.15) is 11.8 Å². The fraction of sp³-hybridized carbons (Fsp3) is 0.653. The molecule has 12 atom stereocenters. The lowest BCUT2D eigenvalue weighted by molar-refractivity contribution is -0.347. The highest BCUT2D eigenvalue weighted by molar-refractivity contribution is 8.46. The van der Waals surface area contributed by atoms with Crippen LogP contribution in [-0.4, -0.2) is 87.6 Å². The molecular weight excluding hydrogens is 893 g/mol. The molecule has 64 heavy (non-hydrogen) atoms. The minimum atomic E-state index is -1.40. The molecule has 0 saturated carbocycles. The van der Waals surface area contributed by atoms with E-state index in [1.807, 2.05) is 31.2 Å². The first kappa shape index (κ1) is 54.1. The van der Waals surface area contributed by atoms with Crippen molar-refractivity contribution in [2.24, 2.45) is 40.9 Å². The molecule has 1 N–H and O–H groups in total. The first-order valence-corrected chi connectivity index (χ1v) is 26.2. The van der Waals surface area contributed by atoms with Crippen LogP contribution in [-0.2, 0) is 50.4 Å². The maximum Gasteiger partial charge on any atom is 0.314 e. The second-order valence-electron chi connectivity index (χ2n) is 17.7. The van der Waals surface area contributed by atoms with Crippen molar-refractivity contribution in [3.05, 3.63) is 65.2 Å². The summed E-state index contributed by atoms with van der Waals surface area (Å²) in [5, 5.41) is 11.2. The highest BCUT2D eigenvalue weighted by Gasteiger charge is 2.46. The Morgan fingerprint density at radius 2 is 1.53 bits per heavy atom. The molecule has 2 aromatic carbocycles. The number of aliphatic hydroxyl groups is 1. The van der Waals surface area contributed by atoms with Gasteiger partial charge >= 0.3 is 17.9 Å². The molecular formula is C49H70O11S4. The number of esters is 3. The molecule has 356 valence electrons. The van der Waals surface area contributed by atoms with Gasteiger partial charge in [0.25, 0.3) is 0 Å². The minimum Gasteiger partial charge on any atom is -0.465 e. The molecule has 2 heterocycles. The zero-order valence-corrected chi connectivity index (χ0v) is 42.3. The standard InChI is InChI=1S/C49H70O11S4/c1-10-40-32(5)31(4)35(8)45(58-40)60-46-43(52)34(7)33(6)41(59-46)29-62-23-15-14-22-55-47(54)49(9,24-30(3)44(53)57-39-20-18-36(26-50)19-21-39)25-42(51)56-27-37-16-12-13-17-38(37)28-64-48(61)63-11-2/h12-13,16-21,26,30-35,40-41,43,45-46,52H,10-11,14-15,22-25,27-29H2,1-9H3/t30?,31-,32-,33-,34-,35+,40+,41+,43+,45+,46+,49?/m0/s1. The first-order chi connectivity index (χ1) is 30.5. The number of rotatable bonds is 23. The number of aliphatic hydroxyl groups excluding tert-OH is 1. The summed E-state index contributed by atoms with van der Waals surface area (Å²) in [5.41, 5.74) is 0.888. The quantitative estimate of drug-likeness (QED) is 0.0371. The van der Waals surface area contributed by atoms with Crippen LogP contribution in [0.3, 0.4) is 0 Å². The van der Waals surface area contributed by atoms with Crippen molar-refractivity contribution in [3.8, 4) is 5.75 Å². The van der Waals surface area contributed by atoms with Crippen LogP contribution >= 0.6 is 47.5 Å². The number of carbonyl (C=O) groups excluding carboxylic acids is 4. The third-order valence-corrected chi connectivity index (χ3v) is 16.7. The zero-order chi connectivity index (χ0) is 47.0. The summed E-state index contributed by atoms with van der Waals surface area (Å²) in [7, 11) is 0. The van der Waals surface area contributed by atoms with E-state index in [0.29, 0.717) is 41.6 Å². The number of benzene rings is 2. The molecule has 0 amide bonds. The summed E-state index contributed by atoms with van der Waals surface area (Å²) in [6.45, 7) is 18.4. The van der Waals surface area contributed by atoms with E-state index in [0.717, 1.165) is 39.0 Å². The van der Waals surface area contributed by atoms with Gasteiger partial charge in [-0.25, -0.2) is 0 Å². The Bertz CT molecular complexity index is 1810. The van der Waals surface area contributed by atoms with Crippen molar-refractivity contribution in [1.82, 2.24) is 0 Å². The van der Waals surface area contributed by atoms with Crippen LogP contribution in [0.5, 0.6) is 5.75 Å². The summed E-state index contributed by atoms with van der Waals surface area (Å²) in [6.07, 6.45) is 0.614. The van der Waals surface area contributed by atoms with Gasteiger partial charge < -0.3 is 33.5 Å². The average Bonchev–Trinajstić information content (AvgIpc) is 3.28. The van der Waals surface area contributed by atoms with Crippen molar-refractivity contribution in [3.63, 3.8) is 0 Å². The largest absolute Gasteiger partial charge is 0.465 e. The van der Waals surface area contributed by atoms with E-state index in [4.69, 9.17) is 40.6 Å². The van der Waals surface area contributed by atoms with Crippen LogP contribution in [0.15, 0.2) is 48.5 Å². The molecule has 2 fully saturated rings. The fourth-order valence-electron chi connectivity index (χ4n) is 8.15. The van der Waals surface area contributed by atoms with Crippen LogP contribution in [0, 0.1) is 40.9 Å². The molecule has 2 aliphatic rings. The highest BCUT2D eigenvalue weighted by atomic mass is 32.2. The molecule has 4 rings (SSSR count). The number of aldehydes is 1. The lowest BCUT2D eigenvalue weighted by Gasteiger charge is -2.47. The molecule has 15 heteroatoms. The Labute approximate surface area is 399 Å². The minimum absolute atomic E-state index is 0.0183. The normalized spacial score (nSPS) is 27.2. The summed E-state index contributed by atoms with van der Waals surface area (Å²) in [4.78, 5) is 51.7. The van der Waals surface area contributed by atoms with E-state index in [2.05, 4.69) is 41.5 Å². The number of hydrogen-bond acceptors (Lipinski definition) is 15. The van der Waals surface area contributed by atoms with Crippen molar-refractivity contribution >= 4 is 75.2 Å². The van der Waals surface area contributed by atoms with Crippen molar-refractivity contribution in [1.29, 1.82) is 0 Å². The van der Waals surface area contributed by atoms with E-state index < -0.39 is 47.9 Å². The third-order valence-electron chi connectivity index (χ3n) is 12.9. The van der Waals surface area contributed by atoms with Gasteiger partial charge in [0.15, 0.2) is 12.6 Å². The Morgan fingerprint density at radius 1 is 0.859 bits per heavy atom. The summed E-state index contributed by atoms with van der Waals surface area (Å²) in [6, 6.07) is 13.8. The van der Waals surface area contributed by atoms with E-state index in [-0.39, 0.29) is 61.8 Å². The molecule has 0 aliphatic carbocycles. The Balaban J connectivity index is 1.31. The zero-order valence-electron chi connectivity index (χ0n) is 39.0. The Kier molecular flexibility index (Phi) is 22.6. The Hall–Kier alpha value is -2.50. The monoisotopic (exact) mass is 962 g/mol. The van der Waals surface area contributed by atoms with E-state index in [1.54, 1.807) is 61.3 Å². The van der Waals surface area contributed by atoms with Gasteiger partial charge in [-0.05, 0) is 103 Å². The fourth-order valence-corrected chi connectivity index (χ4v) is 11.5. The van der Waals surface area contributed by atoms with Crippen LogP contribution in [0.4, 0.5) is 0 Å². The summed E-state index contributed by atoms with van der Waals surface area (Å²) >= 11 is 10.4. The second kappa shape index (κ2) is 26.7. The molecule has 0 radical (unpaired) electrons. The van der Waals surface area contributed by atoms with Crippen LogP contribution in [0.1, 0.15) is 116 Å². The average molecular weight is 963 g/mol. The van der Waals surface area contributed by atoms with Gasteiger partial charge in [-0.3, -0.25) is 19.2 Å². The first-order valence-electron chi connectivity index (χ1n) is 22.7. The SMILES string of the molecule is CCSC(=S)SCc1ccccc1COC(=O)CC(C)(CC(C)C(=O)Oc1ccc(C=O)cc1)C(=O)OCCCCSC[C@H]1O[C@H](O[C@H]2O[C@H](CC)[C@@H](C)[C@H](C)[C@H]2C)[C@H](O)[C@@H](C)[C@@H]1C. The van der Waals surface area contributed by atoms with Crippen molar-refractivity contribution in [2.45, 2.75) is 138 Å². The third kappa shape index (κ3) is 15.8. The molecule has 2 aliphatic heterocycles. The molecule has 2 aromatic rings. The smallest absolute Gasteiger partial charge is 0.314 e. The van der Waals surface area contributed by atoms with Crippen molar-refractivity contribution in [2.75, 3.05) is 23.9 Å². The number of hydrogen-bond donors (Lipinski definition) is 1. The predicted molar refractivity (Wildman–Crippen MR) is 260 cm³/mol. The van der Waals surface area contributed by atoms with E-state index in [1.165, 1.54) is 12.1 Å². The maximum absolute atomic E-state index is 13.9. The second-order valence-corrected chi connectivity index (χ2v) is 22.3. The summed E-state index contributed by atoms with van der Waals surface area (Å²) < 4.78 is 37.2. The van der Waals surface area contributed by atoms with E-state index >= 15 is 0 Å². The maximum atomic E-state index is 13.9. The molecule has 2 unspecified atom stereocenters.